The Hall–Kier alpha value is -4.72. The van der Waals surface area contributed by atoms with Crippen LogP contribution in [0.25, 0.3) is 10.8 Å². The second-order valence-corrected chi connectivity index (χ2v) is 6.76. The van der Waals surface area contributed by atoms with Gasteiger partial charge in [0.1, 0.15) is 12.6 Å². The van der Waals surface area contributed by atoms with Crippen molar-refractivity contribution in [1.82, 2.24) is 10.2 Å². The van der Waals surface area contributed by atoms with Gasteiger partial charge in [0.2, 0.25) is 0 Å². The zero-order valence-corrected chi connectivity index (χ0v) is 16.8. The highest BCUT2D eigenvalue weighted by atomic mass is 16.1. The zero-order valence-electron chi connectivity index (χ0n) is 16.8. The van der Waals surface area contributed by atoms with Crippen LogP contribution in [0.15, 0.2) is 83.0 Å². The number of fused-ring (bicyclic) bond motifs is 1. The second kappa shape index (κ2) is 9.86. The van der Waals surface area contributed by atoms with E-state index in [9.17, 15) is 9.59 Å². The van der Waals surface area contributed by atoms with Crippen molar-refractivity contribution in [2.24, 2.45) is 10.2 Å². The summed E-state index contributed by atoms with van der Waals surface area (Å²) in [4.78, 5) is 21.8. The number of hydrogen-bond acceptors (Lipinski definition) is 8. The largest absolute Gasteiger partial charge is 0.298 e. The molecule has 8 heteroatoms. The van der Waals surface area contributed by atoms with E-state index in [1.54, 1.807) is 48.8 Å². The smallest absolute Gasteiger partial charge is 0.176 e. The van der Waals surface area contributed by atoms with Gasteiger partial charge in [-0.25, -0.2) is 0 Å². The van der Waals surface area contributed by atoms with E-state index in [-0.39, 0.29) is 0 Å². The van der Waals surface area contributed by atoms with E-state index in [2.05, 4.69) is 31.3 Å². The van der Waals surface area contributed by atoms with Crippen molar-refractivity contribution in [3.05, 3.63) is 95.1 Å². The van der Waals surface area contributed by atoms with Gasteiger partial charge >= 0.3 is 0 Å². The first-order chi connectivity index (χ1) is 15.8. The van der Waals surface area contributed by atoms with Crippen LogP contribution in [0.4, 0.5) is 11.6 Å². The number of rotatable bonds is 8. The predicted octanol–water partition coefficient (Wildman–Crippen LogP) is 4.15. The standard InChI is InChI=1S/C24H18N6O2/c31-15-19-7-3-5-17(11-19)13-25-27-23-21-9-1-2-10-22(21)24(30-29-23)28-26-14-18-6-4-8-20(12-18)16-32/h1-16H,(H,27,29)(H,28,30)/b25-13+,26-14+. The summed E-state index contributed by atoms with van der Waals surface area (Å²) in [7, 11) is 0. The van der Waals surface area contributed by atoms with Crippen LogP contribution >= 0.6 is 0 Å². The minimum atomic E-state index is 0.483. The van der Waals surface area contributed by atoms with Gasteiger partial charge in [0.25, 0.3) is 0 Å². The number of hydrogen-bond donors (Lipinski definition) is 2. The number of benzene rings is 3. The molecule has 4 rings (SSSR count). The SMILES string of the molecule is O=Cc1cccc(/C=N/Nc2nnc(N/N=C/c3cccc(C=O)c3)c3ccccc23)c1. The molecule has 0 saturated carbocycles. The molecule has 8 nitrogen and oxygen atoms in total. The molecule has 1 aromatic heterocycles. The number of carbonyl (C=O) groups excluding carboxylic acids is 2. The van der Waals surface area contributed by atoms with Gasteiger partial charge in [-0.1, -0.05) is 60.7 Å². The second-order valence-electron chi connectivity index (χ2n) is 6.76. The molecule has 0 saturated heterocycles. The normalized spacial score (nSPS) is 11.1. The molecule has 0 aliphatic carbocycles. The van der Waals surface area contributed by atoms with E-state index in [1.807, 2.05) is 36.4 Å². The third-order valence-corrected chi connectivity index (χ3v) is 4.55. The highest BCUT2D eigenvalue weighted by molar-refractivity contribution is 5.98. The number of nitrogens with zero attached hydrogens (tertiary/aromatic N) is 4. The van der Waals surface area contributed by atoms with Gasteiger partial charge in [0, 0.05) is 21.9 Å². The Labute approximate surface area is 183 Å². The molecule has 0 unspecified atom stereocenters. The molecule has 0 radical (unpaired) electrons. The Kier molecular flexibility index (Phi) is 6.33. The first-order valence-corrected chi connectivity index (χ1v) is 9.71. The van der Waals surface area contributed by atoms with Gasteiger partial charge < -0.3 is 0 Å². The molecule has 32 heavy (non-hydrogen) atoms. The van der Waals surface area contributed by atoms with E-state index in [4.69, 9.17) is 0 Å². The van der Waals surface area contributed by atoms with Crippen molar-refractivity contribution in [1.29, 1.82) is 0 Å². The number of aldehydes is 2. The van der Waals surface area contributed by atoms with Crippen molar-refractivity contribution >= 4 is 47.4 Å². The zero-order chi connectivity index (χ0) is 22.2. The Bertz CT molecular complexity index is 1230. The maximum atomic E-state index is 10.9. The van der Waals surface area contributed by atoms with Crippen molar-refractivity contribution in [3.8, 4) is 0 Å². The molecule has 4 aromatic rings. The summed E-state index contributed by atoms with van der Waals surface area (Å²) < 4.78 is 0. The van der Waals surface area contributed by atoms with E-state index in [1.165, 1.54) is 0 Å². The fraction of sp³-hybridized carbons (Fsp3) is 0. The topological polar surface area (TPSA) is 109 Å². The van der Waals surface area contributed by atoms with Crippen molar-refractivity contribution in [2.45, 2.75) is 0 Å². The molecule has 0 aliphatic rings. The summed E-state index contributed by atoms with van der Waals surface area (Å²) >= 11 is 0. The molecule has 0 amide bonds. The number of anilines is 2. The summed E-state index contributed by atoms with van der Waals surface area (Å²) in [5.74, 6) is 0.966. The fourth-order valence-electron chi connectivity index (χ4n) is 3.03. The quantitative estimate of drug-likeness (QED) is 0.251. The molecule has 2 N–H and O–H groups in total. The first kappa shape index (κ1) is 20.5. The highest BCUT2D eigenvalue weighted by Gasteiger charge is 2.08. The molecule has 1 heterocycles. The fourth-order valence-corrected chi connectivity index (χ4v) is 3.03. The average Bonchev–Trinajstić information content (AvgIpc) is 2.85. The highest BCUT2D eigenvalue weighted by Crippen LogP contribution is 2.25. The van der Waals surface area contributed by atoms with Gasteiger partial charge in [-0.05, 0) is 23.3 Å². The summed E-state index contributed by atoms with van der Waals surface area (Å²) in [5.41, 5.74) is 8.53. The maximum Gasteiger partial charge on any atom is 0.176 e. The molecule has 0 fully saturated rings. The molecular formula is C24H18N6O2. The molecule has 0 aliphatic heterocycles. The minimum Gasteiger partial charge on any atom is -0.298 e. The van der Waals surface area contributed by atoms with Crippen LogP contribution in [0.3, 0.4) is 0 Å². The average molecular weight is 422 g/mol. The van der Waals surface area contributed by atoms with Gasteiger partial charge in [0.15, 0.2) is 11.6 Å². The van der Waals surface area contributed by atoms with E-state index < -0.39 is 0 Å². The predicted molar refractivity (Wildman–Crippen MR) is 126 cm³/mol. The molecule has 0 spiro atoms. The Balaban J connectivity index is 1.53. The van der Waals surface area contributed by atoms with Crippen molar-refractivity contribution in [2.75, 3.05) is 10.9 Å². The number of hydrazone groups is 2. The summed E-state index contributed by atoms with van der Waals surface area (Å²) in [6.45, 7) is 0. The van der Waals surface area contributed by atoms with Crippen LogP contribution in [0.5, 0.6) is 0 Å². The van der Waals surface area contributed by atoms with E-state index in [0.717, 1.165) is 34.5 Å². The van der Waals surface area contributed by atoms with Gasteiger partial charge in [-0.3, -0.25) is 20.4 Å². The lowest BCUT2D eigenvalue weighted by molar-refractivity contribution is 0.111. The Morgan fingerprint density at radius 3 is 1.47 bits per heavy atom. The number of carbonyl (C=O) groups is 2. The van der Waals surface area contributed by atoms with Crippen molar-refractivity contribution in [3.63, 3.8) is 0 Å². The Morgan fingerprint density at radius 1 is 0.594 bits per heavy atom. The van der Waals surface area contributed by atoms with Gasteiger partial charge in [0.05, 0.1) is 12.4 Å². The molecule has 3 aromatic carbocycles. The number of nitrogens with one attached hydrogen (secondary N) is 2. The Morgan fingerprint density at radius 2 is 1.03 bits per heavy atom. The van der Waals surface area contributed by atoms with E-state index in [0.29, 0.717) is 22.8 Å². The third kappa shape index (κ3) is 4.88. The molecule has 0 bridgehead atoms. The lowest BCUT2D eigenvalue weighted by Crippen LogP contribution is -2.01. The summed E-state index contributed by atoms with van der Waals surface area (Å²) in [6, 6.07) is 21.8. The molecule has 156 valence electrons. The lowest BCUT2D eigenvalue weighted by Gasteiger charge is -2.08. The van der Waals surface area contributed by atoms with Crippen LogP contribution < -0.4 is 10.9 Å². The van der Waals surface area contributed by atoms with Crippen LogP contribution in [0.2, 0.25) is 0 Å². The van der Waals surface area contributed by atoms with Crippen molar-refractivity contribution < 1.29 is 9.59 Å². The lowest BCUT2D eigenvalue weighted by atomic mass is 10.1. The van der Waals surface area contributed by atoms with Crippen LogP contribution in [0.1, 0.15) is 31.8 Å². The maximum absolute atomic E-state index is 10.9. The summed E-state index contributed by atoms with van der Waals surface area (Å²) in [5, 5.41) is 18.5. The number of aromatic nitrogens is 2. The summed E-state index contributed by atoms with van der Waals surface area (Å²) in [6.07, 6.45) is 4.79. The third-order valence-electron chi connectivity index (χ3n) is 4.55. The molecule has 0 atom stereocenters. The van der Waals surface area contributed by atoms with Gasteiger partial charge in [-0.2, -0.15) is 10.2 Å². The van der Waals surface area contributed by atoms with Gasteiger partial charge in [-0.15, -0.1) is 10.2 Å². The molecular weight excluding hydrogens is 404 g/mol. The van der Waals surface area contributed by atoms with E-state index >= 15 is 0 Å². The monoisotopic (exact) mass is 422 g/mol. The minimum absolute atomic E-state index is 0.483. The van der Waals surface area contributed by atoms with Crippen LogP contribution in [-0.4, -0.2) is 35.2 Å². The first-order valence-electron chi connectivity index (χ1n) is 9.71. The van der Waals surface area contributed by atoms with Crippen LogP contribution in [-0.2, 0) is 0 Å². The van der Waals surface area contributed by atoms with Crippen LogP contribution in [0, 0.1) is 0 Å².